The molecule has 1 unspecified atom stereocenters. The maximum absolute atomic E-state index is 13.2. The molecule has 29 heavy (non-hydrogen) atoms. The number of furan rings is 1. The maximum atomic E-state index is 13.2. The summed E-state index contributed by atoms with van der Waals surface area (Å²) < 4.78 is 9.30. The van der Waals surface area contributed by atoms with E-state index in [4.69, 9.17) is 4.42 Å². The molecule has 0 aliphatic rings. The lowest BCUT2D eigenvalue weighted by molar-refractivity contribution is 0.0993. The Bertz CT molecular complexity index is 1100. The van der Waals surface area contributed by atoms with Crippen LogP contribution < -0.4 is 0 Å². The van der Waals surface area contributed by atoms with E-state index in [0.29, 0.717) is 18.2 Å². The third-order valence-corrected chi connectivity index (χ3v) is 6.70. The van der Waals surface area contributed by atoms with Crippen LogP contribution in [0, 0.1) is 13.8 Å². The smallest absolute Gasteiger partial charge is 0.210 e. The van der Waals surface area contributed by atoms with Crippen molar-refractivity contribution >= 4 is 28.9 Å². The topological polar surface area (TPSA) is 78.7 Å². The van der Waals surface area contributed by atoms with E-state index in [2.05, 4.69) is 20.1 Å². The average Bonchev–Trinajstić information content (AvgIpc) is 3.49. The van der Waals surface area contributed by atoms with Gasteiger partial charge in [-0.2, -0.15) is 0 Å². The SMILES string of the molecule is Cc1cc(C(=O)C(C)Sc2nnnn2Cc2cccs2)c(C)n1Cc1ccco1. The average molecular weight is 428 g/mol. The van der Waals surface area contributed by atoms with Crippen molar-refractivity contribution in [3.63, 3.8) is 0 Å². The van der Waals surface area contributed by atoms with Gasteiger partial charge in [0.1, 0.15) is 5.76 Å². The number of tetrazole rings is 1. The number of carbonyl (C=O) groups excluding carboxylic acids is 1. The summed E-state index contributed by atoms with van der Waals surface area (Å²) in [6.45, 7) is 7.09. The van der Waals surface area contributed by atoms with Gasteiger partial charge in [-0.3, -0.25) is 4.79 Å². The van der Waals surface area contributed by atoms with Crippen molar-refractivity contribution in [2.45, 2.75) is 44.3 Å². The van der Waals surface area contributed by atoms with Gasteiger partial charge in [0.2, 0.25) is 5.16 Å². The van der Waals surface area contributed by atoms with E-state index in [1.807, 2.05) is 56.5 Å². The number of aromatic nitrogens is 5. The fraction of sp³-hybridized carbons (Fsp3) is 0.300. The first-order valence-electron chi connectivity index (χ1n) is 9.21. The van der Waals surface area contributed by atoms with Gasteiger partial charge < -0.3 is 8.98 Å². The zero-order chi connectivity index (χ0) is 20.4. The summed E-state index contributed by atoms with van der Waals surface area (Å²) in [6, 6.07) is 9.80. The summed E-state index contributed by atoms with van der Waals surface area (Å²) in [7, 11) is 0. The van der Waals surface area contributed by atoms with Crippen LogP contribution in [-0.2, 0) is 13.1 Å². The lowest BCUT2D eigenvalue weighted by Gasteiger charge is -2.11. The molecule has 0 aliphatic heterocycles. The Kier molecular flexibility index (Phi) is 5.68. The fourth-order valence-electron chi connectivity index (χ4n) is 3.21. The number of hydrogen-bond donors (Lipinski definition) is 0. The van der Waals surface area contributed by atoms with E-state index in [9.17, 15) is 4.79 Å². The van der Waals surface area contributed by atoms with Crippen LogP contribution in [0.15, 0.2) is 51.5 Å². The standard InChI is InChI=1S/C20H21N5O2S2/c1-13-10-18(14(2)24(13)11-16-6-4-8-27-16)19(26)15(3)29-20-21-22-23-25(20)12-17-7-5-9-28-17/h4-10,15H,11-12H2,1-3H3. The molecule has 0 radical (unpaired) electrons. The first-order valence-corrected chi connectivity index (χ1v) is 11.0. The van der Waals surface area contributed by atoms with Gasteiger partial charge in [-0.25, -0.2) is 4.68 Å². The van der Waals surface area contributed by atoms with Crippen molar-refractivity contribution in [3.8, 4) is 0 Å². The number of aryl methyl sites for hydroxylation is 1. The lowest BCUT2D eigenvalue weighted by Crippen LogP contribution is -2.16. The molecule has 0 saturated carbocycles. The molecule has 0 bridgehead atoms. The number of thioether (sulfide) groups is 1. The Morgan fingerprint density at radius 1 is 1.28 bits per heavy atom. The lowest BCUT2D eigenvalue weighted by atomic mass is 10.1. The highest BCUT2D eigenvalue weighted by Gasteiger charge is 2.24. The molecule has 0 aliphatic carbocycles. The normalized spacial score (nSPS) is 12.4. The number of thiophene rings is 1. The zero-order valence-corrected chi connectivity index (χ0v) is 18.0. The molecule has 7 nitrogen and oxygen atoms in total. The Morgan fingerprint density at radius 3 is 2.86 bits per heavy atom. The van der Waals surface area contributed by atoms with Gasteiger partial charge in [0.15, 0.2) is 5.78 Å². The Morgan fingerprint density at radius 2 is 2.14 bits per heavy atom. The first kappa shape index (κ1) is 19.7. The van der Waals surface area contributed by atoms with Crippen molar-refractivity contribution in [1.82, 2.24) is 24.8 Å². The molecule has 0 N–H and O–H groups in total. The zero-order valence-electron chi connectivity index (χ0n) is 16.4. The van der Waals surface area contributed by atoms with Crippen molar-refractivity contribution in [2.75, 3.05) is 0 Å². The van der Waals surface area contributed by atoms with Crippen molar-refractivity contribution in [2.24, 2.45) is 0 Å². The molecule has 4 aromatic rings. The van der Waals surface area contributed by atoms with Crippen LogP contribution in [0.1, 0.15) is 39.3 Å². The van der Waals surface area contributed by atoms with Crippen LogP contribution in [0.3, 0.4) is 0 Å². The fourth-order valence-corrected chi connectivity index (χ4v) is 4.76. The van der Waals surface area contributed by atoms with Gasteiger partial charge in [-0.05, 0) is 60.8 Å². The molecule has 1 atom stereocenters. The van der Waals surface area contributed by atoms with Crippen LogP contribution in [-0.4, -0.2) is 35.8 Å². The minimum absolute atomic E-state index is 0.0690. The van der Waals surface area contributed by atoms with Crippen LogP contribution >= 0.6 is 23.1 Å². The number of rotatable bonds is 8. The molecule has 4 heterocycles. The number of nitrogens with zero attached hydrogens (tertiary/aromatic N) is 5. The highest BCUT2D eigenvalue weighted by molar-refractivity contribution is 8.00. The van der Waals surface area contributed by atoms with E-state index >= 15 is 0 Å². The summed E-state index contributed by atoms with van der Waals surface area (Å²) in [4.78, 5) is 14.3. The first-order chi connectivity index (χ1) is 14.0. The van der Waals surface area contributed by atoms with Crippen molar-refractivity contribution in [1.29, 1.82) is 0 Å². The second-order valence-corrected chi connectivity index (χ2v) is 9.11. The van der Waals surface area contributed by atoms with Crippen molar-refractivity contribution in [3.05, 3.63) is 69.6 Å². The Balaban J connectivity index is 1.50. The monoisotopic (exact) mass is 427 g/mol. The quantitative estimate of drug-likeness (QED) is 0.310. The predicted octanol–water partition coefficient (Wildman–Crippen LogP) is 4.21. The third kappa shape index (κ3) is 4.20. The molecule has 150 valence electrons. The summed E-state index contributed by atoms with van der Waals surface area (Å²) in [5.74, 6) is 0.931. The number of carbonyl (C=O) groups is 1. The van der Waals surface area contributed by atoms with Crippen molar-refractivity contribution < 1.29 is 9.21 Å². The molecule has 0 amide bonds. The van der Waals surface area contributed by atoms with Gasteiger partial charge in [-0.1, -0.05) is 17.8 Å². The van der Waals surface area contributed by atoms with E-state index in [-0.39, 0.29) is 11.0 Å². The van der Waals surface area contributed by atoms with Gasteiger partial charge in [0.25, 0.3) is 0 Å². The number of hydrogen-bond acceptors (Lipinski definition) is 7. The van der Waals surface area contributed by atoms with Gasteiger partial charge in [0.05, 0.1) is 24.6 Å². The van der Waals surface area contributed by atoms with Crippen LogP contribution in [0.4, 0.5) is 0 Å². The van der Waals surface area contributed by atoms with Crippen LogP contribution in [0.2, 0.25) is 0 Å². The summed E-state index contributed by atoms with van der Waals surface area (Å²) in [5.41, 5.74) is 2.70. The number of ketones is 1. The predicted molar refractivity (Wildman–Crippen MR) is 113 cm³/mol. The molecular weight excluding hydrogens is 406 g/mol. The highest BCUT2D eigenvalue weighted by Crippen LogP contribution is 2.27. The molecule has 0 saturated heterocycles. The molecule has 0 aromatic carbocycles. The van der Waals surface area contributed by atoms with Gasteiger partial charge in [-0.15, -0.1) is 16.4 Å². The molecule has 0 spiro atoms. The Labute approximate surface area is 176 Å². The molecule has 0 fully saturated rings. The number of Topliss-reactive ketones (excluding diaryl/α,β-unsaturated/α-hetero) is 1. The van der Waals surface area contributed by atoms with E-state index < -0.39 is 0 Å². The van der Waals surface area contributed by atoms with E-state index in [1.165, 1.54) is 16.6 Å². The minimum atomic E-state index is -0.305. The summed E-state index contributed by atoms with van der Waals surface area (Å²) >= 11 is 3.04. The summed E-state index contributed by atoms with van der Waals surface area (Å²) in [5, 5.41) is 14.3. The minimum Gasteiger partial charge on any atom is -0.467 e. The molecule has 4 aromatic heterocycles. The van der Waals surface area contributed by atoms with Gasteiger partial charge >= 0.3 is 0 Å². The largest absolute Gasteiger partial charge is 0.467 e. The van der Waals surface area contributed by atoms with Gasteiger partial charge in [0, 0.05) is 21.8 Å². The molecular formula is C20H21N5O2S2. The molecule has 4 rings (SSSR count). The molecule has 9 heteroatoms. The second kappa shape index (κ2) is 8.38. The highest BCUT2D eigenvalue weighted by atomic mass is 32.2. The van der Waals surface area contributed by atoms with Crippen LogP contribution in [0.25, 0.3) is 0 Å². The Hall–Kier alpha value is -2.65. The summed E-state index contributed by atoms with van der Waals surface area (Å²) in [6.07, 6.45) is 1.66. The maximum Gasteiger partial charge on any atom is 0.210 e. The van der Waals surface area contributed by atoms with E-state index in [1.54, 1.807) is 22.3 Å². The second-order valence-electron chi connectivity index (χ2n) is 6.77. The third-order valence-electron chi connectivity index (χ3n) is 4.77. The van der Waals surface area contributed by atoms with E-state index in [0.717, 1.165) is 22.7 Å². The van der Waals surface area contributed by atoms with Crippen LogP contribution in [0.5, 0.6) is 0 Å².